The molecule has 2 rings (SSSR count). The summed E-state index contributed by atoms with van der Waals surface area (Å²) in [4.78, 5) is 11.4. The largest absolute Gasteiger partial charge is 0.399 e. The van der Waals surface area contributed by atoms with Crippen molar-refractivity contribution in [1.82, 2.24) is 0 Å². The van der Waals surface area contributed by atoms with Crippen LogP contribution in [0, 0.1) is 11.6 Å². The maximum absolute atomic E-state index is 13.6. The first-order chi connectivity index (χ1) is 9.38. The maximum Gasteiger partial charge on any atom is 0.250 e. The molecule has 0 saturated heterocycles. The van der Waals surface area contributed by atoms with Gasteiger partial charge in [-0.2, -0.15) is 0 Å². The zero-order chi connectivity index (χ0) is 14.9. The molecule has 0 aliphatic heterocycles. The van der Waals surface area contributed by atoms with Crippen LogP contribution in [0.5, 0.6) is 0 Å². The Bertz CT molecular complexity index is 692. The summed E-state index contributed by atoms with van der Waals surface area (Å²) >= 11 is 5.95. The third-order valence-corrected chi connectivity index (χ3v) is 2.86. The van der Waals surface area contributed by atoms with E-state index in [2.05, 4.69) is 5.32 Å². The van der Waals surface area contributed by atoms with E-state index in [1.807, 2.05) is 0 Å². The molecule has 20 heavy (non-hydrogen) atoms. The van der Waals surface area contributed by atoms with E-state index in [4.69, 9.17) is 23.1 Å². The SMILES string of the molecule is NC(=O)c1cc(N)cc(Cl)c1Nc1cc(F)ccc1F. The highest BCUT2D eigenvalue weighted by molar-refractivity contribution is 6.34. The Hall–Kier alpha value is -2.34. The van der Waals surface area contributed by atoms with Gasteiger partial charge in [0.2, 0.25) is 0 Å². The predicted molar refractivity (Wildman–Crippen MR) is 74.0 cm³/mol. The van der Waals surface area contributed by atoms with E-state index < -0.39 is 17.5 Å². The van der Waals surface area contributed by atoms with Gasteiger partial charge < -0.3 is 16.8 Å². The molecule has 7 heteroatoms. The van der Waals surface area contributed by atoms with Crippen LogP contribution in [0.4, 0.5) is 25.8 Å². The van der Waals surface area contributed by atoms with E-state index in [1.165, 1.54) is 12.1 Å². The summed E-state index contributed by atoms with van der Waals surface area (Å²) in [7, 11) is 0. The third-order valence-electron chi connectivity index (χ3n) is 2.57. The smallest absolute Gasteiger partial charge is 0.250 e. The van der Waals surface area contributed by atoms with Crippen LogP contribution >= 0.6 is 11.6 Å². The Balaban J connectivity index is 2.53. The summed E-state index contributed by atoms with van der Waals surface area (Å²) in [6, 6.07) is 5.53. The number of halogens is 3. The molecule has 2 aromatic carbocycles. The van der Waals surface area contributed by atoms with Crippen molar-refractivity contribution < 1.29 is 13.6 Å². The van der Waals surface area contributed by atoms with Crippen LogP contribution in [0.15, 0.2) is 30.3 Å². The molecule has 0 aliphatic rings. The van der Waals surface area contributed by atoms with Gasteiger partial charge >= 0.3 is 0 Å². The summed E-state index contributed by atoms with van der Waals surface area (Å²) in [6.07, 6.45) is 0. The summed E-state index contributed by atoms with van der Waals surface area (Å²) < 4.78 is 26.7. The van der Waals surface area contributed by atoms with Crippen molar-refractivity contribution in [2.75, 3.05) is 11.1 Å². The Morgan fingerprint density at radius 2 is 1.90 bits per heavy atom. The highest BCUT2D eigenvalue weighted by atomic mass is 35.5. The molecule has 0 heterocycles. The first-order valence-corrected chi connectivity index (χ1v) is 5.87. The van der Waals surface area contributed by atoms with E-state index in [0.717, 1.165) is 18.2 Å². The Morgan fingerprint density at radius 1 is 1.20 bits per heavy atom. The van der Waals surface area contributed by atoms with E-state index >= 15 is 0 Å². The van der Waals surface area contributed by atoms with Crippen molar-refractivity contribution in [3.05, 3.63) is 52.6 Å². The van der Waals surface area contributed by atoms with Gasteiger partial charge in [-0.1, -0.05) is 11.6 Å². The Kier molecular flexibility index (Phi) is 3.76. The topological polar surface area (TPSA) is 81.1 Å². The number of anilines is 3. The first-order valence-electron chi connectivity index (χ1n) is 5.49. The summed E-state index contributed by atoms with van der Waals surface area (Å²) in [6.45, 7) is 0. The summed E-state index contributed by atoms with van der Waals surface area (Å²) in [5, 5.41) is 2.63. The van der Waals surface area contributed by atoms with Gasteiger partial charge in [-0.3, -0.25) is 4.79 Å². The first kappa shape index (κ1) is 14.1. The van der Waals surface area contributed by atoms with Gasteiger partial charge in [0.15, 0.2) is 0 Å². The van der Waals surface area contributed by atoms with Gasteiger partial charge in [-0.25, -0.2) is 8.78 Å². The van der Waals surface area contributed by atoms with Crippen molar-refractivity contribution in [2.45, 2.75) is 0 Å². The zero-order valence-electron chi connectivity index (χ0n) is 10.1. The molecule has 4 nitrogen and oxygen atoms in total. The van der Waals surface area contributed by atoms with Crippen molar-refractivity contribution >= 4 is 34.6 Å². The minimum absolute atomic E-state index is 0.0151. The van der Waals surface area contributed by atoms with Crippen LogP contribution in [-0.2, 0) is 0 Å². The van der Waals surface area contributed by atoms with E-state index in [9.17, 15) is 13.6 Å². The number of primary amides is 1. The second-order valence-corrected chi connectivity index (χ2v) is 4.45. The van der Waals surface area contributed by atoms with E-state index in [0.29, 0.717) is 0 Å². The van der Waals surface area contributed by atoms with E-state index in [-0.39, 0.29) is 27.6 Å². The number of nitrogen functional groups attached to an aromatic ring is 1. The minimum Gasteiger partial charge on any atom is -0.399 e. The lowest BCUT2D eigenvalue weighted by atomic mass is 10.1. The van der Waals surface area contributed by atoms with Crippen LogP contribution in [0.3, 0.4) is 0 Å². The number of hydrogen-bond acceptors (Lipinski definition) is 3. The van der Waals surface area contributed by atoms with Gasteiger partial charge in [0, 0.05) is 11.8 Å². The fourth-order valence-corrected chi connectivity index (χ4v) is 1.95. The number of carbonyl (C=O) groups is 1. The molecular weight excluding hydrogens is 288 g/mol. The second-order valence-electron chi connectivity index (χ2n) is 4.04. The molecule has 0 radical (unpaired) electrons. The third kappa shape index (κ3) is 2.80. The van der Waals surface area contributed by atoms with Gasteiger partial charge in [-0.15, -0.1) is 0 Å². The molecule has 0 saturated carbocycles. The van der Waals surface area contributed by atoms with Crippen molar-refractivity contribution in [2.24, 2.45) is 5.73 Å². The van der Waals surface area contributed by atoms with Crippen LogP contribution in [0.2, 0.25) is 5.02 Å². The zero-order valence-corrected chi connectivity index (χ0v) is 10.8. The number of carbonyl (C=O) groups excluding carboxylic acids is 1. The number of hydrogen-bond donors (Lipinski definition) is 3. The lowest BCUT2D eigenvalue weighted by molar-refractivity contribution is 0.100. The van der Waals surface area contributed by atoms with Gasteiger partial charge in [0.1, 0.15) is 11.6 Å². The molecule has 0 spiro atoms. The second kappa shape index (κ2) is 5.34. The molecule has 0 unspecified atom stereocenters. The molecule has 5 N–H and O–H groups in total. The van der Waals surface area contributed by atoms with E-state index in [1.54, 1.807) is 0 Å². The molecule has 0 aliphatic carbocycles. The fraction of sp³-hybridized carbons (Fsp3) is 0. The molecule has 2 aromatic rings. The normalized spacial score (nSPS) is 10.3. The Morgan fingerprint density at radius 3 is 2.55 bits per heavy atom. The number of benzene rings is 2. The minimum atomic E-state index is -0.793. The lowest BCUT2D eigenvalue weighted by Crippen LogP contribution is -2.14. The van der Waals surface area contributed by atoms with Crippen molar-refractivity contribution in [1.29, 1.82) is 0 Å². The van der Waals surface area contributed by atoms with Crippen LogP contribution < -0.4 is 16.8 Å². The highest BCUT2D eigenvalue weighted by Crippen LogP contribution is 2.32. The molecule has 0 bridgehead atoms. The number of rotatable bonds is 3. The Labute approximate surface area is 118 Å². The number of nitrogens with one attached hydrogen (secondary N) is 1. The number of amides is 1. The molecule has 0 atom stereocenters. The maximum atomic E-state index is 13.6. The van der Waals surface area contributed by atoms with Crippen LogP contribution in [0.25, 0.3) is 0 Å². The predicted octanol–water partition coefficient (Wildman–Crippen LogP) is 3.04. The van der Waals surface area contributed by atoms with Crippen molar-refractivity contribution in [3.8, 4) is 0 Å². The standard InChI is InChI=1S/C13H10ClF2N3O/c14-9-5-7(17)4-8(13(18)20)12(9)19-11-3-6(15)1-2-10(11)16/h1-5,19H,17H2,(H2,18,20). The number of nitrogens with two attached hydrogens (primary N) is 2. The quantitative estimate of drug-likeness (QED) is 0.762. The van der Waals surface area contributed by atoms with Crippen molar-refractivity contribution in [3.63, 3.8) is 0 Å². The van der Waals surface area contributed by atoms with Gasteiger partial charge in [0.25, 0.3) is 5.91 Å². The summed E-state index contributed by atoms with van der Waals surface area (Å²) in [5.74, 6) is -2.13. The van der Waals surface area contributed by atoms with Crippen LogP contribution in [0.1, 0.15) is 10.4 Å². The molecule has 1 amide bonds. The monoisotopic (exact) mass is 297 g/mol. The van der Waals surface area contributed by atoms with Gasteiger partial charge in [-0.05, 0) is 24.3 Å². The lowest BCUT2D eigenvalue weighted by Gasteiger charge is -2.13. The van der Waals surface area contributed by atoms with Gasteiger partial charge in [0.05, 0.1) is 22.0 Å². The summed E-state index contributed by atoms with van der Waals surface area (Å²) in [5.41, 5.74) is 10.9. The average Bonchev–Trinajstić information content (AvgIpc) is 2.36. The average molecular weight is 298 g/mol. The fourth-order valence-electron chi connectivity index (χ4n) is 1.68. The molecular formula is C13H10ClF2N3O. The highest BCUT2D eigenvalue weighted by Gasteiger charge is 2.15. The molecule has 104 valence electrons. The molecule has 0 aromatic heterocycles. The molecule has 0 fully saturated rings. The van der Waals surface area contributed by atoms with Crippen LogP contribution in [-0.4, -0.2) is 5.91 Å².